The third kappa shape index (κ3) is 3.11. The molecule has 2 heteroatoms. The molecule has 0 spiro atoms. The van der Waals surface area contributed by atoms with E-state index >= 15 is 0 Å². The monoisotopic (exact) mass is 282 g/mol. The van der Waals surface area contributed by atoms with Gasteiger partial charge in [-0.2, -0.15) is 0 Å². The zero-order valence-corrected chi connectivity index (χ0v) is 12.5. The summed E-state index contributed by atoms with van der Waals surface area (Å²) in [5, 5.41) is 10.6. The van der Waals surface area contributed by atoms with E-state index in [2.05, 4.69) is 31.2 Å². The Morgan fingerprint density at radius 3 is 2.24 bits per heavy atom. The van der Waals surface area contributed by atoms with Crippen LogP contribution in [0.25, 0.3) is 0 Å². The van der Waals surface area contributed by atoms with Crippen LogP contribution in [0.4, 0.5) is 0 Å². The van der Waals surface area contributed by atoms with Gasteiger partial charge in [-0.25, -0.2) is 0 Å². The maximum absolute atomic E-state index is 10.6. The van der Waals surface area contributed by atoms with Crippen molar-refractivity contribution in [1.29, 1.82) is 0 Å². The van der Waals surface area contributed by atoms with Gasteiger partial charge in [0, 0.05) is 0 Å². The number of fused-ring (bicyclic) bond motifs is 1. The van der Waals surface area contributed by atoms with E-state index in [0.29, 0.717) is 0 Å². The lowest BCUT2D eigenvalue weighted by Gasteiger charge is -2.18. The van der Waals surface area contributed by atoms with E-state index in [-0.39, 0.29) is 5.92 Å². The summed E-state index contributed by atoms with van der Waals surface area (Å²) in [6.45, 7) is 2.83. The summed E-state index contributed by atoms with van der Waals surface area (Å²) in [6.07, 6.45) is 2.53. The topological polar surface area (TPSA) is 29.5 Å². The molecular weight excluding hydrogens is 260 g/mol. The SMILES string of the molecule is CCCOc1ccc(C(O)C2Cc3ccccc3C2)cc1. The Bertz CT molecular complexity index is 564. The molecule has 1 aliphatic rings. The molecule has 1 atom stereocenters. The molecule has 3 rings (SSSR count). The molecule has 21 heavy (non-hydrogen) atoms. The van der Waals surface area contributed by atoms with Gasteiger partial charge in [0.15, 0.2) is 0 Å². The molecule has 0 fully saturated rings. The Labute approximate surface area is 126 Å². The van der Waals surface area contributed by atoms with Crippen LogP contribution in [-0.2, 0) is 12.8 Å². The largest absolute Gasteiger partial charge is 0.494 e. The highest BCUT2D eigenvalue weighted by molar-refractivity contribution is 5.35. The van der Waals surface area contributed by atoms with Crippen molar-refractivity contribution in [2.24, 2.45) is 5.92 Å². The van der Waals surface area contributed by atoms with Gasteiger partial charge >= 0.3 is 0 Å². The average molecular weight is 282 g/mol. The first-order valence-electron chi connectivity index (χ1n) is 7.75. The van der Waals surface area contributed by atoms with E-state index in [4.69, 9.17) is 4.74 Å². The summed E-state index contributed by atoms with van der Waals surface area (Å²) in [5.74, 6) is 1.16. The van der Waals surface area contributed by atoms with E-state index in [0.717, 1.165) is 37.2 Å². The summed E-state index contributed by atoms with van der Waals surface area (Å²) >= 11 is 0. The third-order valence-corrected chi connectivity index (χ3v) is 4.22. The van der Waals surface area contributed by atoms with E-state index in [1.807, 2.05) is 24.3 Å². The fourth-order valence-electron chi connectivity index (χ4n) is 3.07. The van der Waals surface area contributed by atoms with Crippen LogP contribution in [-0.4, -0.2) is 11.7 Å². The van der Waals surface area contributed by atoms with Gasteiger partial charge in [0.05, 0.1) is 12.7 Å². The lowest BCUT2D eigenvalue weighted by molar-refractivity contribution is 0.113. The van der Waals surface area contributed by atoms with Gasteiger partial charge in [0.2, 0.25) is 0 Å². The van der Waals surface area contributed by atoms with Gasteiger partial charge in [-0.05, 0) is 54.0 Å². The van der Waals surface area contributed by atoms with Crippen LogP contribution in [0, 0.1) is 5.92 Å². The van der Waals surface area contributed by atoms with Crippen molar-refractivity contribution >= 4 is 0 Å². The zero-order valence-electron chi connectivity index (χ0n) is 12.5. The van der Waals surface area contributed by atoms with Gasteiger partial charge in [0.1, 0.15) is 5.75 Å². The van der Waals surface area contributed by atoms with Crippen molar-refractivity contribution in [1.82, 2.24) is 0 Å². The molecule has 0 aromatic heterocycles. The fraction of sp³-hybridized carbons (Fsp3) is 0.368. The first-order valence-corrected chi connectivity index (χ1v) is 7.75. The maximum Gasteiger partial charge on any atom is 0.119 e. The molecule has 0 bridgehead atoms. The van der Waals surface area contributed by atoms with Crippen LogP contribution in [0.3, 0.4) is 0 Å². The highest BCUT2D eigenvalue weighted by Gasteiger charge is 2.28. The Morgan fingerprint density at radius 2 is 1.67 bits per heavy atom. The molecular formula is C19H22O2. The van der Waals surface area contributed by atoms with Gasteiger partial charge in [-0.15, -0.1) is 0 Å². The first-order chi connectivity index (χ1) is 10.3. The summed E-state index contributed by atoms with van der Waals surface area (Å²) in [4.78, 5) is 0. The summed E-state index contributed by atoms with van der Waals surface area (Å²) in [6, 6.07) is 16.4. The number of rotatable bonds is 5. The molecule has 0 radical (unpaired) electrons. The zero-order chi connectivity index (χ0) is 14.7. The second kappa shape index (κ2) is 6.31. The second-order valence-corrected chi connectivity index (χ2v) is 5.80. The van der Waals surface area contributed by atoms with Crippen molar-refractivity contribution in [2.45, 2.75) is 32.3 Å². The molecule has 2 aromatic carbocycles. The third-order valence-electron chi connectivity index (χ3n) is 4.22. The number of aliphatic hydroxyl groups excluding tert-OH is 1. The number of aliphatic hydroxyl groups is 1. The predicted molar refractivity (Wildman–Crippen MR) is 84.5 cm³/mol. The quantitative estimate of drug-likeness (QED) is 0.900. The summed E-state index contributed by atoms with van der Waals surface area (Å²) < 4.78 is 5.58. The molecule has 0 saturated carbocycles. The molecule has 2 nitrogen and oxygen atoms in total. The van der Waals surface area contributed by atoms with Gasteiger partial charge in [-0.3, -0.25) is 0 Å². The fourth-order valence-corrected chi connectivity index (χ4v) is 3.07. The highest BCUT2D eigenvalue weighted by Crippen LogP contribution is 2.35. The van der Waals surface area contributed by atoms with Crippen LogP contribution < -0.4 is 4.74 Å². The second-order valence-electron chi connectivity index (χ2n) is 5.80. The van der Waals surface area contributed by atoms with Crippen molar-refractivity contribution in [3.8, 4) is 5.75 Å². The normalized spacial score (nSPS) is 15.7. The van der Waals surface area contributed by atoms with E-state index in [1.54, 1.807) is 0 Å². The molecule has 0 saturated heterocycles. The van der Waals surface area contributed by atoms with Crippen LogP contribution in [0.1, 0.15) is 36.1 Å². The number of hydrogen-bond acceptors (Lipinski definition) is 2. The average Bonchev–Trinajstić information content (AvgIpc) is 2.96. The first kappa shape index (κ1) is 14.2. The maximum atomic E-state index is 10.6. The van der Waals surface area contributed by atoms with E-state index in [9.17, 15) is 5.11 Å². The molecule has 1 N–H and O–H groups in total. The predicted octanol–water partition coefficient (Wildman–Crippen LogP) is 3.92. The minimum atomic E-state index is -0.405. The standard InChI is InChI=1S/C19H22O2/c1-2-11-21-18-9-7-14(8-10-18)19(20)17-12-15-5-3-4-6-16(15)13-17/h3-10,17,19-20H,2,11-13H2,1H3. The van der Waals surface area contributed by atoms with Crippen LogP contribution >= 0.6 is 0 Å². The number of benzene rings is 2. The molecule has 0 heterocycles. The molecule has 110 valence electrons. The Morgan fingerprint density at radius 1 is 1.05 bits per heavy atom. The van der Waals surface area contributed by atoms with Gasteiger partial charge in [0.25, 0.3) is 0 Å². The molecule has 1 unspecified atom stereocenters. The van der Waals surface area contributed by atoms with Crippen molar-refractivity contribution < 1.29 is 9.84 Å². The highest BCUT2D eigenvalue weighted by atomic mass is 16.5. The van der Waals surface area contributed by atoms with Crippen molar-refractivity contribution in [3.63, 3.8) is 0 Å². The Balaban J connectivity index is 1.67. The van der Waals surface area contributed by atoms with Crippen molar-refractivity contribution in [3.05, 3.63) is 65.2 Å². The van der Waals surface area contributed by atoms with Crippen LogP contribution in [0.5, 0.6) is 5.75 Å². The molecule has 0 amide bonds. The number of ether oxygens (including phenoxy) is 1. The lowest BCUT2D eigenvalue weighted by atomic mass is 9.93. The molecule has 2 aromatic rings. The lowest BCUT2D eigenvalue weighted by Crippen LogP contribution is -2.12. The Hall–Kier alpha value is -1.80. The van der Waals surface area contributed by atoms with Crippen LogP contribution in [0.15, 0.2) is 48.5 Å². The summed E-state index contributed by atoms with van der Waals surface area (Å²) in [5.41, 5.74) is 3.74. The Kier molecular flexibility index (Phi) is 4.26. The minimum absolute atomic E-state index is 0.282. The smallest absolute Gasteiger partial charge is 0.119 e. The van der Waals surface area contributed by atoms with E-state index in [1.165, 1.54) is 11.1 Å². The van der Waals surface area contributed by atoms with E-state index < -0.39 is 6.10 Å². The minimum Gasteiger partial charge on any atom is -0.494 e. The summed E-state index contributed by atoms with van der Waals surface area (Å²) in [7, 11) is 0. The van der Waals surface area contributed by atoms with Gasteiger partial charge in [-0.1, -0.05) is 43.3 Å². The van der Waals surface area contributed by atoms with Crippen LogP contribution in [0.2, 0.25) is 0 Å². The molecule has 1 aliphatic carbocycles. The van der Waals surface area contributed by atoms with Crippen molar-refractivity contribution in [2.75, 3.05) is 6.61 Å². The molecule has 0 aliphatic heterocycles. The number of hydrogen-bond donors (Lipinski definition) is 1. The van der Waals surface area contributed by atoms with Gasteiger partial charge < -0.3 is 9.84 Å².